The highest BCUT2D eigenvalue weighted by atomic mass is 28.5. The average Bonchev–Trinajstić information content (AvgIpc) is 3.70. The van der Waals surface area contributed by atoms with E-state index in [1.165, 1.54) is 109 Å². The van der Waals surface area contributed by atoms with Gasteiger partial charge in [0.2, 0.25) is 0 Å². The van der Waals surface area contributed by atoms with Crippen LogP contribution in [0.25, 0.3) is 0 Å². The quantitative estimate of drug-likeness (QED) is 0.0881. The van der Waals surface area contributed by atoms with E-state index in [1.54, 1.807) is 0 Å². The molecule has 300 valence electrons. The van der Waals surface area contributed by atoms with Gasteiger partial charge in [0.05, 0.1) is 24.4 Å². The molecule has 0 spiro atoms. The number of hydrogen-bond donors (Lipinski definition) is 0. The Morgan fingerprint density at radius 1 is 0.462 bits per heavy atom. The van der Waals surface area contributed by atoms with Crippen LogP contribution in [0.4, 0.5) is 0 Å². The first-order chi connectivity index (χ1) is 24.9. The molecule has 52 heavy (non-hydrogen) atoms. The predicted octanol–water partition coefficient (Wildman–Crippen LogP) is 9.97. The highest BCUT2D eigenvalue weighted by Crippen LogP contribution is 2.54. The second-order valence-electron chi connectivity index (χ2n) is 18.8. The maximum atomic E-state index is 7.95. The predicted molar refractivity (Wildman–Crippen MR) is 215 cm³/mol. The fourth-order valence-corrected chi connectivity index (χ4v) is 36.8. The zero-order valence-electron chi connectivity index (χ0n) is 33.9. The van der Waals surface area contributed by atoms with Gasteiger partial charge in [-0.1, -0.05) is 38.5 Å². The molecule has 5 aliphatic carbocycles. The van der Waals surface area contributed by atoms with E-state index >= 15 is 0 Å². The van der Waals surface area contributed by atoms with Crippen LogP contribution in [0.1, 0.15) is 128 Å². The highest BCUT2D eigenvalue weighted by Gasteiger charge is 2.63. The second kappa shape index (κ2) is 16.9. The van der Waals surface area contributed by atoms with Crippen molar-refractivity contribution in [3.8, 4) is 0 Å². The van der Waals surface area contributed by atoms with E-state index in [1.807, 2.05) is 21.3 Å². The Balaban J connectivity index is 1.13. The van der Waals surface area contributed by atoms with Crippen molar-refractivity contribution >= 4 is 43.0 Å². The lowest BCUT2D eigenvalue weighted by atomic mass is 9.88. The van der Waals surface area contributed by atoms with Gasteiger partial charge in [-0.05, 0) is 140 Å². The molecule has 0 aromatic carbocycles. The summed E-state index contributed by atoms with van der Waals surface area (Å²) >= 11 is 0. The summed E-state index contributed by atoms with van der Waals surface area (Å²) in [4.78, 5) is 0. The lowest BCUT2D eigenvalue weighted by molar-refractivity contribution is 0.138. The average molecular weight is 815 g/mol. The molecular weight excluding hydrogens is 741 g/mol. The molecule has 9 unspecified atom stereocenters. The third-order valence-corrected chi connectivity index (χ3v) is 36.5. The minimum absolute atomic E-state index is 0.282. The Hall–Kier alpha value is 0.724. The maximum Gasteiger partial charge on any atom is 0.486 e. The van der Waals surface area contributed by atoms with Crippen LogP contribution in [-0.2, 0) is 39.2 Å². The number of rotatable bonds is 20. The van der Waals surface area contributed by atoms with Crippen molar-refractivity contribution in [2.75, 3.05) is 21.3 Å². The van der Waals surface area contributed by atoms with Crippen LogP contribution in [0.2, 0.25) is 54.9 Å². The van der Waals surface area contributed by atoms with Crippen LogP contribution in [0.3, 0.4) is 0 Å². The number of fused-ring (bicyclic) bond motifs is 2. The van der Waals surface area contributed by atoms with E-state index in [9.17, 15) is 0 Å². The molecule has 7 rings (SSSR count). The van der Waals surface area contributed by atoms with Crippen LogP contribution < -0.4 is 0 Å². The van der Waals surface area contributed by atoms with Gasteiger partial charge in [-0.25, -0.2) is 0 Å². The monoisotopic (exact) mass is 814 g/mol. The van der Waals surface area contributed by atoms with Crippen LogP contribution in [0.15, 0.2) is 0 Å². The van der Waals surface area contributed by atoms with Crippen LogP contribution in [0.5, 0.6) is 0 Å². The van der Waals surface area contributed by atoms with Gasteiger partial charge in [-0.15, -0.1) is 0 Å². The Bertz CT molecular complexity index is 1150. The zero-order chi connectivity index (χ0) is 36.6. The van der Waals surface area contributed by atoms with E-state index in [2.05, 4.69) is 26.2 Å². The lowest BCUT2D eigenvalue weighted by Crippen LogP contribution is -2.67. The first-order valence-electron chi connectivity index (χ1n) is 21.7. The summed E-state index contributed by atoms with van der Waals surface area (Å²) in [5.74, 6) is 1.40. The van der Waals surface area contributed by atoms with Crippen molar-refractivity contribution in [2.45, 2.75) is 208 Å². The molecule has 5 saturated carbocycles. The Labute approximate surface area is 321 Å². The third-order valence-electron chi connectivity index (χ3n) is 14.6. The van der Waals surface area contributed by atoms with Gasteiger partial charge in [0.1, 0.15) is 0 Å². The number of epoxide rings is 2. The molecule has 9 atom stereocenters. The summed E-state index contributed by atoms with van der Waals surface area (Å²) in [6.07, 6.45) is 26.2. The standard InChI is InChI=1S/C38H74O9Si5/c1-39-49(6,26-24-30-20-22-35-37(28-30)42-35)46-51(32-14-8-9-15-32,33-16-10-11-17-33)44-48(4,5)45-52(41-3,34-18-12-13-19-34)47-50(7,40-2)27-25-31-21-23-36-38(29-31)43-36/h30-38H,8-29H2,1-7H3. The molecule has 0 radical (unpaired) electrons. The van der Waals surface area contributed by atoms with Gasteiger partial charge < -0.3 is 39.2 Å². The molecular formula is C38H74O9Si5. The second-order valence-corrected chi connectivity index (χ2v) is 36.7. The van der Waals surface area contributed by atoms with Gasteiger partial charge in [-0.2, -0.15) is 0 Å². The van der Waals surface area contributed by atoms with Crippen molar-refractivity contribution < 1.29 is 39.2 Å². The summed E-state index contributed by atoms with van der Waals surface area (Å²) in [5, 5.41) is 0. The smallest absolute Gasteiger partial charge is 0.415 e. The first-order valence-corrected chi connectivity index (χ1v) is 33.3. The van der Waals surface area contributed by atoms with Gasteiger partial charge >= 0.3 is 43.0 Å². The summed E-state index contributed by atoms with van der Waals surface area (Å²) < 4.78 is 62.4. The summed E-state index contributed by atoms with van der Waals surface area (Å²) in [6.45, 7) is 9.20. The molecule has 0 aromatic rings. The summed E-state index contributed by atoms with van der Waals surface area (Å²) in [7, 11) is -8.51. The number of hydrogen-bond acceptors (Lipinski definition) is 9. The van der Waals surface area contributed by atoms with E-state index in [0.29, 0.717) is 47.3 Å². The number of ether oxygens (including phenoxy) is 2. The fourth-order valence-electron chi connectivity index (χ4n) is 11.3. The van der Waals surface area contributed by atoms with Crippen molar-refractivity contribution in [3.05, 3.63) is 0 Å². The highest BCUT2D eigenvalue weighted by molar-refractivity contribution is 6.90. The van der Waals surface area contributed by atoms with Crippen molar-refractivity contribution in [1.29, 1.82) is 0 Å². The molecule has 7 fully saturated rings. The molecule has 0 aromatic heterocycles. The van der Waals surface area contributed by atoms with Gasteiger partial charge in [-0.3, -0.25) is 0 Å². The van der Waals surface area contributed by atoms with Crippen molar-refractivity contribution in [3.63, 3.8) is 0 Å². The largest absolute Gasteiger partial charge is 0.486 e. The summed E-state index contributed by atoms with van der Waals surface area (Å²) in [6, 6.07) is 1.99. The van der Waals surface area contributed by atoms with E-state index < -0.39 is 43.0 Å². The molecule has 2 heterocycles. The maximum absolute atomic E-state index is 7.95. The SMILES string of the molecule is CO[Si](C)(CCC1CCC2OC2C1)O[Si](OC)(O[Si](C)(C)O[Si](O[Si](C)(CCC1CCC2OC2C1)OC)(C1CCCC1)C1CCCC1)C1CCCC1. The minimum Gasteiger partial charge on any atom is -0.415 e. The lowest BCUT2D eigenvalue weighted by Gasteiger charge is -2.50. The molecule has 0 N–H and O–H groups in total. The molecule has 0 amide bonds. The first kappa shape index (κ1) is 40.9. The van der Waals surface area contributed by atoms with Crippen molar-refractivity contribution in [1.82, 2.24) is 0 Å². The van der Waals surface area contributed by atoms with E-state index in [4.69, 9.17) is 39.2 Å². The van der Waals surface area contributed by atoms with Crippen LogP contribution >= 0.6 is 0 Å². The van der Waals surface area contributed by atoms with Gasteiger partial charge in [0.15, 0.2) is 0 Å². The Kier molecular flexibility index (Phi) is 13.3. The zero-order valence-corrected chi connectivity index (χ0v) is 38.9. The summed E-state index contributed by atoms with van der Waals surface area (Å²) in [5.41, 5.74) is 1.25. The molecule has 7 aliphatic rings. The van der Waals surface area contributed by atoms with Crippen LogP contribution in [-0.4, -0.2) is 88.8 Å². The Morgan fingerprint density at radius 2 is 0.904 bits per heavy atom. The fraction of sp³-hybridized carbons (Fsp3) is 1.00. The molecule has 0 bridgehead atoms. The normalized spacial score (nSPS) is 35.1. The minimum atomic E-state index is -3.22. The molecule has 9 nitrogen and oxygen atoms in total. The Morgan fingerprint density at radius 3 is 1.33 bits per heavy atom. The third kappa shape index (κ3) is 9.53. The van der Waals surface area contributed by atoms with Gasteiger partial charge in [0, 0.05) is 38.0 Å². The van der Waals surface area contributed by atoms with Crippen molar-refractivity contribution in [2.24, 2.45) is 11.8 Å². The molecule has 2 aliphatic heterocycles. The van der Waals surface area contributed by atoms with E-state index in [0.717, 1.165) is 31.4 Å². The topological polar surface area (TPSA) is 89.7 Å². The van der Waals surface area contributed by atoms with E-state index in [-0.39, 0.29) is 5.54 Å². The van der Waals surface area contributed by atoms with Gasteiger partial charge in [0.25, 0.3) is 0 Å². The van der Waals surface area contributed by atoms with Crippen LogP contribution in [0, 0.1) is 11.8 Å². The molecule has 14 heteroatoms. The molecule has 2 saturated heterocycles.